The Morgan fingerprint density at radius 2 is 1.93 bits per heavy atom. The smallest absolute Gasteiger partial charge is 0.319 e. The molecule has 0 bridgehead atoms. The molecule has 0 spiro atoms. The van der Waals surface area contributed by atoms with Crippen LogP contribution in [0.1, 0.15) is 47.0 Å². The van der Waals surface area contributed by atoms with E-state index in [1.807, 2.05) is 5.94 Å². The van der Waals surface area contributed by atoms with Crippen molar-refractivity contribution in [2.75, 3.05) is 11.9 Å². The normalized spacial score (nSPS) is 19.7. The molecule has 1 aliphatic carbocycles. The van der Waals surface area contributed by atoms with E-state index in [0.717, 1.165) is 0 Å². The van der Waals surface area contributed by atoms with Crippen molar-refractivity contribution in [3.05, 3.63) is 41.4 Å². The van der Waals surface area contributed by atoms with Crippen molar-refractivity contribution < 1.29 is 28.2 Å². The Balaban J connectivity index is 2.64. The van der Waals surface area contributed by atoms with Gasteiger partial charge in [0.25, 0.3) is 0 Å². The number of hydrogen-bond acceptors (Lipinski definition) is 6. The van der Waals surface area contributed by atoms with E-state index in [0.29, 0.717) is 18.5 Å². The van der Waals surface area contributed by atoms with Gasteiger partial charge in [0, 0.05) is 11.3 Å². The number of carbonyl (C=O) groups is 1. The highest BCUT2D eigenvalue weighted by Crippen LogP contribution is 2.48. The Morgan fingerprint density at radius 3 is 2.45 bits per heavy atom. The summed E-state index contributed by atoms with van der Waals surface area (Å²) in [5.41, 5.74) is -1.57. The fraction of sp³-hybridized carbons (Fsp3) is 0.500. The molecule has 156 valence electrons. The molecule has 2 atom stereocenters. The Morgan fingerprint density at radius 1 is 1.28 bits per heavy atom. The molecule has 0 amide bonds. The van der Waals surface area contributed by atoms with Gasteiger partial charge in [0.15, 0.2) is 5.94 Å². The minimum Gasteiger partial charge on any atom is -0.479 e. The van der Waals surface area contributed by atoms with E-state index in [1.165, 1.54) is 24.3 Å². The predicted octanol–water partition coefficient (Wildman–Crippen LogP) is 3.63. The van der Waals surface area contributed by atoms with E-state index in [-0.39, 0.29) is 24.4 Å². The van der Waals surface area contributed by atoms with Crippen LogP contribution in [0, 0.1) is 11.2 Å². The molecule has 0 radical (unpaired) electrons. The van der Waals surface area contributed by atoms with Crippen LogP contribution in [0.2, 0.25) is 0 Å². The fourth-order valence-electron chi connectivity index (χ4n) is 3.58. The van der Waals surface area contributed by atoms with Crippen LogP contribution in [0.3, 0.4) is 0 Å². The van der Waals surface area contributed by atoms with E-state index in [9.17, 15) is 18.8 Å². The van der Waals surface area contributed by atoms with Gasteiger partial charge in [-0.15, -0.1) is 0 Å². The van der Waals surface area contributed by atoms with Crippen molar-refractivity contribution in [3.8, 4) is 0 Å². The number of hydrogen-bond donors (Lipinski definition) is 1. The van der Waals surface area contributed by atoms with Gasteiger partial charge in [-0.25, -0.2) is 14.0 Å². The van der Waals surface area contributed by atoms with Crippen molar-refractivity contribution in [1.29, 1.82) is 0 Å². The number of benzene rings is 1. The number of anilines is 1. The molecule has 2 unspecified atom stereocenters. The summed E-state index contributed by atoms with van der Waals surface area (Å²) in [7, 11) is 0. The fourth-order valence-corrected chi connectivity index (χ4v) is 3.58. The maximum Gasteiger partial charge on any atom is 0.319 e. The second kappa shape index (κ2) is 9.08. The molecule has 0 saturated heterocycles. The standard InChI is InChI=1S/C22H26FNO5/c1-5-28-20(27)22(12-6-7-15(22)13-25)19(18(14-26)29-21(2,3)4)24-17-10-8-16(23)9-11-17/h8-11,19,24H,5-7,12H2,1-4H3. The molecular formula is C22H26FNO5. The van der Waals surface area contributed by atoms with Crippen molar-refractivity contribution >= 4 is 23.5 Å². The van der Waals surface area contributed by atoms with E-state index in [2.05, 4.69) is 5.32 Å². The lowest BCUT2D eigenvalue weighted by Crippen LogP contribution is -2.49. The molecule has 0 heterocycles. The van der Waals surface area contributed by atoms with Gasteiger partial charge in [-0.05, 0) is 71.2 Å². The van der Waals surface area contributed by atoms with Crippen LogP contribution in [0.15, 0.2) is 35.6 Å². The summed E-state index contributed by atoms with van der Waals surface area (Å²) < 4.78 is 24.4. The average molecular weight is 403 g/mol. The molecule has 1 aliphatic rings. The topological polar surface area (TPSA) is 81.7 Å². The summed E-state index contributed by atoms with van der Waals surface area (Å²) in [5.74, 6) is 2.44. The first-order valence-corrected chi connectivity index (χ1v) is 9.55. The number of esters is 1. The highest BCUT2D eigenvalue weighted by atomic mass is 19.1. The summed E-state index contributed by atoms with van der Waals surface area (Å²) in [5, 5.41) is 3.07. The molecule has 1 saturated carbocycles. The first kappa shape index (κ1) is 22.4. The van der Waals surface area contributed by atoms with Crippen molar-refractivity contribution in [1.82, 2.24) is 0 Å². The summed E-state index contributed by atoms with van der Waals surface area (Å²) in [4.78, 5) is 36.7. The van der Waals surface area contributed by atoms with Crippen molar-refractivity contribution in [2.24, 2.45) is 5.41 Å². The zero-order valence-electron chi connectivity index (χ0n) is 17.1. The first-order chi connectivity index (χ1) is 13.7. The van der Waals surface area contributed by atoms with Crippen LogP contribution in [0.5, 0.6) is 0 Å². The number of halogens is 1. The number of nitrogens with one attached hydrogen (secondary N) is 1. The van der Waals surface area contributed by atoms with Gasteiger partial charge in [-0.3, -0.25) is 4.79 Å². The van der Waals surface area contributed by atoms with Crippen molar-refractivity contribution in [3.63, 3.8) is 0 Å². The molecule has 29 heavy (non-hydrogen) atoms. The SMILES string of the molecule is CCOC(=O)C1(C(Nc2ccc(F)cc2)C(=C=O)OC(C)(C)C)CCCC1=C=O. The van der Waals surface area contributed by atoms with Gasteiger partial charge in [0.2, 0.25) is 5.76 Å². The first-order valence-electron chi connectivity index (χ1n) is 9.55. The zero-order valence-corrected chi connectivity index (χ0v) is 17.1. The molecule has 1 N–H and O–H groups in total. The molecule has 7 heteroatoms. The minimum absolute atomic E-state index is 0.107. The zero-order chi connectivity index (χ0) is 21.7. The van der Waals surface area contributed by atoms with Crippen LogP contribution in [0.4, 0.5) is 10.1 Å². The van der Waals surface area contributed by atoms with E-state index < -0.39 is 28.8 Å². The van der Waals surface area contributed by atoms with Crippen LogP contribution < -0.4 is 5.32 Å². The summed E-state index contributed by atoms with van der Waals surface area (Å²) in [6.45, 7) is 7.02. The third kappa shape index (κ3) is 4.94. The Hall–Kier alpha value is -2.88. The van der Waals surface area contributed by atoms with Gasteiger partial charge in [0.05, 0.1) is 6.61 Å². The number of ether oxygens (including phenoxy) is 2. The van der Waals surface area contributed by atoms with Gasteiger partial charge >= 0.3 is 5.97 Å². The molecule has 1 aromatic carbocycles. The summed E-state index contributed by atoms with van der Waals surface area (Å²) in [6.07, 6.45) is 1.17. The quantitative estimate of drug-likeness (QED) is 0.425. The summed E-state index contributed by atoms with van der Waals surface area (Å²) >= 11 is 0. The Bertz CT molecular complexity index is 845. The van der Waals surface area contributed by atoms with Gasteiger partial charge < -0.3 is 14.8 Å². The van der Waals surface area contributed by atoms with Gasteiger partial charge in [0.1, 0.15) is 28.8 Å². The lowest BCUT2D eigenvalue weighted by atomic mass is 9.74. The van der Waals surface area contributed by atoms with Crippen molar-refractivity contribution in [2.45, 2.75) is 58.6 Å². The second-order valence-corrected chi connectivity index (χ2v) is 7.89. The molecule has 0 aromatic heterocycles. The molecular weight excluding hydrogens is 377 g/mol. The molecule has 1 fully saturated rings. The predicted molar refractivity (Wildman–Crippen MR) is 106 cm³/mol. The Labute approximate surface area is 169 Å². The average Bonchev–Trinajstić information content (AvgIpc) is 3.10. The highest BCUT2D eigenvalue weighted by Gasteiger charge is 2.56. The van der Waals surface area contributed by atoms with E-state index in [4.69, 9.17) is 9.47 Å². The lowest BCUT2D eigenvalue weighted by Gasteiger charge is -2.38. The van der Waals surface area contributed by atoms with Crippen LogP contribution in [0.25, 0.3) is 0 Å². The third-order valence-electron chi connectivity index (χ3n) is 4.73. The maximum absolute atomic E-state index is 13.3. The number of carbonyl (C=O) groups excluding carboxylic acids is 3. The monoisotopic (exact) mass is 403 g/mol. The van der Waals surface area contributed by atoms with E-state index in [1.54, 1.807) is 33.6 Å². The van der Waals surface area contributed by atoms with Gasteiger partial charge in [-0.1, -0.05) is 0 Å². The van der Waals surface area contributed by atoms with Crippen LogP contribution in [-0.4, -0.2) is 36.1 Å². The number of rotatable bonds is 7. The Kier molecular flexibility index (Phi) is 7.02. The lowest BCUT2D eigenvalue weighted by molar-refractivity contribution is -0.153. The molecule has 2 rings (SSSR count). The molecule has 6 nitrogen and oxygen atoms in total. The third-order valence-corrected chi connectivity index (χ3v) is 4.73. The molecule has 1 aromatic rings. The molecule has 0 aliphatic heterocycles. The largest absolute Gasteiger partial charge is 0.479 e. The minimum atomic E-state index is -1.47. The maximum atomic E-state index is 13.3. The highest BCUT2D eigenvalue weighted by molar-refractivity contribution is 5.88. The second-order valence-electron chi connectivity index (χ2n) is 7.89. The summed E-state index contributed by atoms with van der Waals surface area (Å²) in [6, 6.07) is 4.37. The van der Waals surface area contributed by atoms with Crippen LogP contribution in [-0.2, 0) is 23.9 Å². The van der Waals surface area contributed by atoms with Gasteiger partial charge in [-0.2, -0.15) is 0 Å². The van der Waals surface area contributed by atoms with Crippen LogP contribution >= 0.6 is 0 Å². The van der Waals surface area contributed by atoms with E-state index >= 15 is 0 Å².